The summed E-state index contributed by atoms with van der Waals surface area (Å²) in [5.74, 6) is -0.0892. The lowest BCUT2D eigenvalue weighted by molar-refractivity contribution is -0.121. The fraction of sp³-hybridized carbons (Fsp3) is 0.143. The van der Waals surface area contributed by atoms with Gasteiger partial charge < -0.3 is 4.42 Å². The number of hydrogen-bond acceptors (Lipinski definition) is 7. The number of carbonyl (C=O) groups is 1. The highest BCUT2D eigenvalue weighted by molar-refractivity contribution is 7.89. The van der Waals surface area contributed by atoms with Gasteiger partial charge in [-0.2, -0.15) is 9.41 Å². The first kappa shape index (κ1) is 30.2. The van der Waals surface area contributed by atoms with Crippen LogP contribution in [0.25, 0.3) is 0 Å². The van der Waals surface area contributed by atoms with E-state index in [1.165, 1.54) is 42.6 Å². The van der Waals surface area contributed by atoms with E-state index in [2.05, 4.69) is 15.2 Å². The molecule has 0 unspecified atom stereocenters. The van der Waals surface area contributed by atoms with E-state index >= 15 is 0 Å². The van der Waals surface area contributed by atoms with Crippen molar-refractivity contribution in [3.8, 4) is 0 Å². The second kappa shape index (κ2) is 13.2. The van der Waals surface area contributed by atoms with Crippen molar-refractivity contribution in [2.75, 3.05) is 6.54 Å². The molecule has 1 heterocycles. The normalized spacial score (nSPS) is 12.2. The molecule has 0 aliphatic rings. The summed E-state index contributed by atoms with van der Waals surface area (Å²) in [5, 5.41) is 4.23. The Kier molecular flexibility index (Phi) is 9.73. The molecule has 0 fully saturated rings. The first-order valence-corrected chi connectivity index (χ1v) is 15.6. The molecule has 0 atom stereocenters. The summed E-state index contributed by atoms with van der Waals surface area (Å²) in [5.41, 5.74) is 3.94. The molecule has 1 amide bonds. The molecule has 0 aliphatic carbocycles. The van der Waals surface area contributed by atoms with Crippen LogP contribution in [0.4, 0.5) is 0 Å². The zero-order valence-corrected chi connectivity index (χ0v) is 24.3. The van der Waals surface area contributed by atoms with Crippen molar-refractivity contribution in [2.45, 2.75) is 29.8 Å². The summed E-state index contributed by atoms with van der Waals surface area (Å²) in [4.78, 5) is 12.8. The molecule has 0 bridgehead atoms. The maximum atomic E-state index is 13.3. The largest absolute Gasteiger partial charge is 0.459 e. The standard InChI is InChI=1S/C28H27ClN4O6S2/c1-21-7-13-26(14-8-21)40(35,36)31-18-25-12-11-24(39-25)17-30-32-28(34)20-33(19-22-5-3-2-4-6-22)41(37,38)27-15-9-23(29)10-16-27/h2-17,31H,18-20H2,1H3,(H,32,34)/b30-17-. The number of benzene rings is 3. The maximum absolute atomic E-state index is 13.3. The molecule has 0 saturated heterocycles. The first-order chi connectivity index (χ1) is 19.5. The Morgan fingerprint density at radius 1 is 0.902 bits per heavy atom. The zero-order valence-electron chi connectivity index (χ0n) is 21.9. The van der Waals surface area contributed by atoms with Crippen LogP contribution in [0.15, 0.2) is 110 Å². The van der Waals surface area contributed by atoms with E-state index in [1.54, 1.807) is 48.5 Å². The van der Waals surface area contributed by atoms with Gasteiger partial charge in [-0.25, -0.2) is 27.0 Å². The number of sulfonamides is 2. The average molecular weight is 615 g/mol. The van der Waals surface area contributed by atoms with Gasteiger partial charge in [0.1, 0.15) is 11.5 Å². The van der Waals surface area contributed by atoms with Crippen LogP contribution < -0.4 is 10.1 Å². The predicted octanol–water partition coefficient (Wildman–Crippen LogP) is 4.06. The Hall–Kier alpha value is -3.81. The van der Waals surface area contributed by atoms with Crippen LogP contribution in [0.3, 0.4) is 0 Å². The summed E-state index contributed by atoms with van der Waals surface area (Å²) >= 11 is 5.91. The fourth-order valence-electron chi connectivity index (χ4n) is 3.66. The Labute approximate surface area is 243 Å². The number of nitrogens with zero attached hydrogens (tertiary/aromatic N) is 2. The van der Waals surface area contributed by atoms with Gasteiger partial charge in [-0.1, -0.05) is 59.6 Å². The summed E-state index contributed by atoms with van der Waals surface area (Å²) in [6.45, 7) is 1.24. The smallest absolute Gasteiger partial charge is 0.255 e. The minimum absolute atomic E-state index is 0.00440. The monoisotopic (exact) mass is 614 g/mol. The van der Waals surface area contributed by atoms with Crippen LogP contribution in [-0.4, -0.2) is 39.8 Å². The maximum Gasteiger partial charge on any atom is 0.255 e. The second-order valence-corrected chi connectivity index (χ2v) is 13.1. The van der Waals surface area contributed by atoms with Crippen LogP contribution in [-0.2, 0) is 37.9 Å². The molecule has 214 valence electrons. The van der Waals surface area contributed by atoms with E-state index in [-0.39, 0.29) is 28.6 Å². The zero-order chi connectivity index (χ0) is 29.5. The van der Waals surface area contributed by atoms with E-state index in [4.69, 9.17) is 16.0 Å². The van der Waals surface area contributed by atoms with Crippen LogP contribution in [0, 0.1) is 6.92 Å². The van der Waals surface area contributed by atoms with Gasteiger partial charge in [0.2, 0.25) is 20.0 Å². The van der Waals surface area contributed by atoms with Gasteiger partial charge in [-0.15, -0.1) is 0 Å². The molecule has 0 aliphatic heterocycles. The lowest BCUT2D eigenvalue weighted by Crippen LogP contribution is -2.39. The number of nitrogens with one attached hydrogen (secondary N) is 2. The van der Waals surface area contributed by atoms with Gasteiger partial charge in [0.15, 0.2) is 0 Å². The number of aryl methyl sites for hydroxylation is 1. The van der Waals surface area contributed by atoms with Crippen molar-refractivity contribution in [2.24, 2.45) is 5.10 Å². The number of hydrazone groups is 1. The molecule has 10 nitrogen and oxygen atoms in total. The average Bonchev–Trinajstić information content (AvgIpc) is 3.40. The van der Waals surface area contributed by atoms with Crippen molar-refractivity contribution in [1.29, 1.82) is 0 Å². The second-order valence-electron chi connectivity index (χ2n) is 8.95. The summed E-state index contributed by atoms with van der Waals surface area (Å²) in [6, 6.07) is 24.1. The molecular weight excluding hydrogens is 588 g/mol. The van der Waals surface area contributed by atoms with Gasteiger partial charge >= 0.3 is 0 Å². The Morgan fingerprint density at radius 3 is 2.24 bits per heavy atom. The third-order valence-electron chi connectivity index (χ3n) is 5.80. The summed E-state index contributed by atoms with van der Waals surface area (Å²) in [7, 11) is -7.76. The first-order valence-electron chi connectivity index (χ1n) is 12.3. The summed E-state index contributed by atoms with van der Waals surface area (Å²) < 4.78 is 60.6. The van der Waals surface area contributed by atoms with Crippen molar-refractivity contribution >= 4 is 43.8 Å². The molecule has 3 aromatic carbocycles. The van der Waals surface area contributed by atoms with Gasteiger partial charge in [0.25, 0.3) is 5.91 Å². The number of amides is 1. The van der Waals surface area contributed by atoms with Gasteiger partial charge in [0.05, 0.1) is 29.1 Å². The van der Waals surface area contributed by atoms with Crippen LogP contribution in [0.1, 0.15) is 22.6 Å². The van der Waals surface area contributed by atoms with Crippen molar-refractivity contribution in [3.05, 3.63) is 119 Å². The molecule has 41 heavy (non-hydrogen) atoms. The highest BCUT2D eigenvalue weighted by Crippen LogP contribution is 2.20. The quantitative estimate of drug-likeness (QED) is 0.182. The predicted molar refractivity (Wildman–Crippen MR) is 155 cm³/mol. The van der Waals surface area contributed by atoms with E-state index in [0.717, 1.165) is 9.87 Å². The minimum Gasteiger partial charge on any atom is -0.459 e. The highest BCUT2D eigenvalue weighted by atomic mass is 35.5. The fourth-order valence-corrected chi connectivity index (χ4v) is 6.16. The molecule has 13 heteroatoms. The Morgan fingerprint density at radius 2 is 1.56 bits per heavy atom. The number of furan rings is 1. The molecule has 4 aromatic rings. The van der Waals surface area contributed by atoms with Crippen molar-refractivity contribution < 1.29 is 26.0 Å². The minimum atomic E-state index is -4.04. The van der Waals surface area contributed by atoms with Crippen LogP contribution >= 0.6 is 11.6 Å². The van der Waals surface area contributed by atoms with Gasteiger partial charge in [0, 0.05) is 11.6 Å². The topological polar surface area (TPSA) is 138 Å². The van der Waals surface area contributed by atoms with Crippen molar-refractivity contribution in [1.82, 2.24) is 14.5 Å². The van der Waals surface area contributed by atoms with E-state index in [9.17, 15) is 21.6 Å². The molecule has 2 N–H and O–H groups in total. The number of carbonyl (C=O) groups excluding carboxylic acids is 1. The van der Waals surface area contributed by atoms with Gasteiger partial charge in [-0.3, -0.25) is 4.79 Å². The van der Waals surface area contributed by atoms with E-state index in [0.29, 0.717) is 16.3 Å². The molecule has 0 spiro atoms. The summed E-state index contributed by atoms with van der Waals surface area (Å²) in [6.07, 6.45) is 1.23. The van der Waals surface area contributed by atoms with Crippen molar-refractivity contribution in [3.63, 3.8) is 0 Å². The van der Waals surface area contributed by atoms with E-state index in [1.807, 2.05) is 13.0 Å². The highest BCUT2D eigenvalue weighted by Gasteiger charge is 2.27. The SMILES string of the molecule is Cc1ccc(S(=O)(=O)NCc2ccc(/C=N\NC(=O)CN(Cc3ccccc3)S(=O)(=O)c3ccc(Cl)cc3)o2)cc1. The van der Waals surface area contributed by atoms with Gasteiger partial charge in [-0.05, 0) is 61.0 Å². The van der Waals surface area contributed by atoms with E-state index < -0.39 is 32.5 Å². The lowest BCUT2D eigenvalue weighted by atomic mass is 10.2. The molecule has 4 rings (SSSR count). The lowest BCUT2D eigenvalue weighted by Gasteiger charge is -2.21. The Bertz CT molecular complexity index is 1720. The third kappa shape index (κ3) is 8.35. The number of halogens is 1. The van der Waals surface area contributed by atoms with Crippen LogP contribution in [0.5, 0.6) is 0 Å². The molecular formula is C28H27ClN4O6S2. The molecule has 0 saturated carbocycles. The number of rotatable bonds is 12. The molecule has 0 radical (unpaired) electrons. The van der Waals surface area contributed by atoms with Crippen LogP contribution in [0.2, 0.25) is 5.02 Å². The third-order valence-corrected chi connectivity index (χ3v) is 9.28. The Balaban J connectivity index is 1.37. The molecule has 1 aromatic heterocycles. The number of hydrogen-bond donors (Lipinski definition) is 2.